The summed E-state index contributed by atoms with van der Waals surface area (Å²) < 4.78 is 0. The van der Waals surface area contributed by atoms with E-state index < -0.39 is 0 Å². The van der Waals surface area contributed by atoms with Crippen LogP contribution in [0.3, 0.4) is 0 Å². The Kier molecular flexibility index (Phi) is 9.36. The Hall–Kier alpha value is -0.0800. The average Bonchev–Trinajstić information content (AvgIpc) is 1.61. The molecular formula is C6H18N2. The summed E-state index contributed by atoms with van der Waals surface area (Å²) in [5.74, 6) is 0. The Morgan fingerprint density at radius 2 is 1.75 bits per heavy atom. The number of unbranched alkanes of at least 4 members (excludes halogenated alkanes) is 1. The number of hydrogen-bond donors (Lipinski definition) is 1. The van der Waals surface area contributed by atoms with Crippen LogP contribution in [0.15, 0.2) is 0 Å². The minimum Gasteiger partial charge on any atom is -0.344 e. The van der Waals surface area contributed by atoms with Gasteiger partial charge < -0.3 is 11.1 Å². The van der Waals surface area contributed by atoms with Crippen LogP contribution in [-0.4, -0.2) is 25.5 Å². The molecule has 0 heterocycles. The molecule has 0 aliphatic heterocycles. The fourth-order valence-corrected chi connectivity index (χ4v) is 0.474. The molecule has 0 spiro atoms. The van der Waals surface area contributed by atoms with E-state index in [0.29, 0.717) is 0 Å². The SMILES string of the molecule is CCCCN(C)C.N. The van der Waals surface area contributed by atoms with Crippen LogP contribution in [0, 0.1) is 0 Å². The summed E-state index contributed by atoms with van der Waals surface area (Å²) >= 11 is 0. The van der Waals surface area contributed by atoms with Crippen LogP contribution in [0.4, 0.5) is 0 Å². The van der Waals surface area contributed by atoms with Crippen molar-refractivity contribution in [2.45, 2.75) is 19.8 Å². The van der Waals surface area contributed by atoms with Gasteiger partial charge in [-0.1, -0.05) is 13.3 Å². The van der Waals surface area contributed by atoms with E-state index >= 15 is 0 Å². The second-order valence-electron chi connectivity index (χ2n) is 2.16. The Morgan fingerprint density at radius 3 is 1.88 bits per heavy atom. The van der Waals surface area contributed by atoms with Crippen LogP contribution in [0.5, 0.6) is 0 Å². The summed E-state index contributed by atoms with van der Waals surface area (Å²) in [4.78, 5) is 2.21. The van der Waals surface area contributed by atoms with Gasteiger partial charge in [-0.3, -0.25) is 0 Å². The smallest absolute Gasteiger partial charge is 0.00249 e. The lowest BCUT2D eigenvalue weighted by atomic mass is 10.3. The van der Waals surface area contributed by atoms with Gasteiger partial charge in [0.15, 0.2) is 0 Å². The molecule has 0 saturated heterocycles. The van der Waals surface area contributed by atoms with Gasteiger partial charge in [-0.2, -0.15) is 0 Å². The molecule has 0 rings (SSSR count). The van der Waals surface area contributed by atoms with Crippen LogP contribution >= 0.6 is 0 Å². The molecule has 0 aliphatic carbocycles. The molecule has 2 nitrogen and oxygen atoms in total. The van der Waals surface area contributed by atoms with Crippen LogP contribution in [0.1, 0.15) is 19.8 Å². The summed E-state index contributed by atoms with van der Waals surface area (Å²) in [6.07, 6.45) is 2.63. The highest BCUT2D eigenvalue weighted by molar-refractivity contribution is 4.39. The van der Waals surface area contributed by atoms with Gasteiger partial charge in [-0.05, 0) is 27.1 Å². The standard InChI is InChI=1S/C6H15N.H3N/c1-4-5-6-7(2)3;/h4-6H2,1-3H3;1H3. The molecule has 0 bridgehead atoms. The molecule has 3 N–H and O–H groups in total. The summed E-state index contributed by atoms with van der Waals surface area (Å²) in [7, 11) is 4.21. The second-order valence-corrected chi connectivity index (χ2v) is 2.16. The molecule has 0 aromatic rings. The van der Waals surface area contributed by atoms with Gasteiger partial charge in [-0.15, -0.1) is 0 Å². The molecule has 0 aliphatic rings. The Balaban J connectivity index is 0. The van der Waals surface area contributed by atoms with Crippen LogP contribution in [0.2, 0.25) is 0 Å². The predicted molar refractivity (Wildman–Crippen MR) is 38.5 cm³/mol. The van der Waals surface area contributed by atoms with Gasteiger partial charge in [0.25, 0.3) is 0 Å². The topological polar surface area (TPSA) is 38.2 Å². The highest BCUT2D eigenvalue weighted by atomic mass is 15.0. The van der Waals surface area contributed by atoms with Crippen molar-refractivity contribution in [3.63, 3.8) is 0 Å². The highest BCUT2D eigenvalue weighted by Gasteiger charge is 1.83. The van der Waals surface area contributed by atoms with Crippen molar-refractivity contribution in [3.05, 3.63) is 0 Å². The maximum absolute atomic E-state index is 2.21. The zero-order chi connectivity index (χ0) is 5.70. The van der Waals surface area contributed by atoms with Gasteiger partial charge in [0.2, 0.25) is 0 Å². The van der Waals surface area contributed by atoms with Crippen molar-refractivity contribution in [1.29, 1.82) is 0 Å². The summed E-state index contributed by atoms with van der Waals surface area (Å²) in [5.41, 5.74) is 0. The minimum atomic E-state index is 0. The average molecular weight is 118 g/mol. The van der Waals surface area contributed by atoms with Crippen molar-refractivity contribution in [1.82, 2.24) is 11.1 Å². The summed E-state index contributed by atoms with van der Waals surface area (Å²) in [6, 6.07) is 0. The van der Waals surface area contributed by atoms with Crippen LogP contribution < -0.4 is 6.15 Å². The summed E-state index contributed by atoms with van der Waals surface area (Å²) in [6.45, 7) is 3.44. The molecular weight excluding hydrogens is 100 g/mol. The van der Waals surface area contributed by atoms with Crippen molar-refractivity contribution >= 4 is 0 Å². The molecule has 0 aromatic heterocycles. The van der Waals surface area contributed by atoms with E-state index in [4.69, 9.17) is 0 Å². The number of rotatable bonds is 3. The van der Waals surface area contributed by atoms with Crippen molar-refractivity contribution in [3.8, 4) is 0 Å². The first-order valence-corrected chi connectivity index (χ1v) is 2.92. The zero-order valence-electron chi connectivity index (χ0n) is 6.28. The molecule has 0 unspecified atom stereocenters. The largest absolute Gasteiger partial charge is 0.344 e. The maximum atomic E-state index is 2.21. The lowest BCUT2D eigenvalue weighted by molar-refractivity contribution is 0.398. The fourth-order valence-electron chi connectivity index (χ4n) is 0.474. The third-order valence-corrected chi connectivity index (χ3v) is 0.959. The quantitative estimate of drug-likeness (QED) is 0.610. The van der Waals surface area contributed by atoms with Crippen LogP contribution in [-0.2, 0) is 0 Å². The number of nitrogens with zero attached hydrogens (tertiary/aromatic N) is 1. The zero-order valence-corrected chi connectivity index (χ0v) is 6.28. The van der Waals surface area contributed by atoms with Crippen molar-refractivity contribution in [2.75, 3.05) is 20.6 Å². The van der Waals surface area contributed by atoms with E-state index in [1.807, 2.05) is 0 Å². The molecule has 8 heavy (non-hydrogen) atoms. The van der Waals surface area contributed by atoms with Gasteiger partial charge in [0.1, 0.15) is 0 Å². The number of hydrogen-bond acceptors (Lipinski definition) is 2. The molecule has 0 saturated carbocycles. The molecule has 0 atom stereocenters. The van der Waals surface area contributed by atoms with Crippen molar-refractivity contribution in [2.24, 2.45) is 0 Å². The van der Waals surface area contributed by atoms with Gasteiger partial charge in [-0.25, -0.2) is 0 Å². The van der Waals surface area contributed by atoms with E-state index in [1.165, 1.54) is 19.4 Å². The Bertz CT molecular complexity index is 35.5. The first-order valence-electron chi connectivity index (χ1n) is 2.92. The summed E-state index contributed by atoms with van der Waals surface area (Å²) in [5, 5.41) is 0. The molecule has 0 aromatic carbocycles. The van der Waals surface area contributed by atoms with Crippen LogP contribution in [0.25, 0.3) is 0 Å². The van der Waals surface area contributed by atoms with Gasteiger partial charge in [0, 0.05) is 0 Å². The molecule has 2 heteroatoms. The first kappa shape index (κ1) is 10.8. The normalized spacial score (nSPS) is 9.00. The highest BCUT2D eigenvalue weighted by Crippen LogP contribution is 1.86. The van der Waals surface area contributed by atoms with Gasteiger partial charge in [0.05, 0.1) is 0 Å². The Morgan fingerprint density at radius 1 is 1.25 bits per heavy atom. The van der Waals surface area contributed by atoms with E-state index in [1.54, 1.807) is 0 Å². The van der Waals surface area contributed by atoms with E-state index in [9.17, 15) is 0 Å². The molecule has 0 radical (unpaired) electrons. The molecule has 0 amide bonds. The Labute approximate surface area is 52.5 Å². The first-order chi connectivity index (χ1) is 3.27. The maximum Gasteiger partial charge on any atom is -0.00249 e. The third kappa shape index (κ3) is 9.33. The van der Waals surface area contributed by atoms with Gasteiger partial charge >= 0.3 is 0 Å². The third-order valence-electron chi connectivity index (χ3n) is 0.959. The molecule has 0 fully saturated rings. The fraction of sp³-hybridized carbons (Fsp3) is 1.00. The minimum absolute atomic E-state index is 0. The second kappa shape index (κ2) is 6.92. The molecule has 52 valence electrons. The van der Waals surface area contributed by atoms with Crippen molar-refractivity contribution < 1.29 is 0 Å². The van der Waals surface area contributed by atoms with E-state index in [-0.39, 0.29) is 6.15 Å². The lowest BCUT2D eigenvalue weighted by Gasteiger charge is -2.05. The predicted octanol–water partition coefficient (Wildman–Crippen LogP) is 1.51. The van der Waals surface area contributed by atoms with E-state index in [0.717, 1.165) is 0 Å². The monoisotopic (exact) mass is 118 g/mol. The van der Waals surface area contributed by atoms with E-state index in [2.05, 4.69) is 25.9 Å². The lowest BCUT2D eigenvalue weighted by Crippen LogP contribution is -2.12.